The zero-order chi connectivity index (χ0) is 9.68. The van der Waals surface area contributed by atoms with Crippen LogP contribution in [0, 0.1) is 0 Å². The molecular weight excluding hydrogens is 172 g/mol. The molecule has 0 aliphatic rings. The van der Waals surface area contributed by atoms with Crippen LogP contribution in [-0.2, 0) is 16.0 Å². The van der Waals surface area contributed by atoms with Crippen LogP contribution in [0.4, 0.5) is 0 Å². The summed E-state index contributed by atoms with van der Waals surface area (Å²) < 4.78 is 4.59. The molecule has 0 saturated carbocycles. The molecule has 0 radical (unpaired) electrons. The SMILES string of the molecule is O=COc1ccccc1CC(=O)O. The lowest BCUT2D eigenvalue weighted by Crippen LogP contribution is -2.02. The molecule has 68 valence electrons. The largest absolute Gasteiger partial charge is 0.481 e. The lowest BCUT2D eigenvalue weighted by atomic mass is 10.1. The number of carbonyl (C=O) groups excluding carboxylic acids is 1. The van der Waals surface area contributed by atoms with Gasteiger partial charge in [0.25, 0.3) is 6.47 Å². The zero-order valence-electron chi connectivity index (χ0n) is 6.77. The van der Waals surface area contributed by atoms with Crippen LogP contribution in [0.2, 0.25) is 0 Å². The highest BCUT2D eigenvalue weighted by Crippen LogP contribution is 2.17. The summed E-state index contributed by atoms with van der Waals surface area (Å²) >= 11 is 0. The fourth-order valence-electron chi connectivity index (χ4n) is 0.980. The highest BCUT2D eigenvalue weighted by atomic mass is 16.5. The number of ether oxygens (including phenoxy) is 1. The fraction of sp³-hybridized carbons (Fsp3) is 0.111. The normalized spacial score (nSPS) is 9.23. The quantitative estimate of drug-likeness (QED) is 0.697. The van der Waals surface area contributed by atoms with Crippen molar-refractivity contribution in [3.63, 3.8) is 0 Å². The Morgan fingerprint density at radius 3 is 2.77 bits per heavy atom. The van der Waals surface area contributed by atoms with Gasteiger partial charge >= 0.3 is 5.97 Å². The Morgan fingerprint density at radius 1 is 1.46 bits per heavy atom. The first-order valence-electron chi connectivity index (χ1n) is 3.64. The van der Waals surface area contributed by atoms with Crippen molar-refractivity contribution in [2.24, 2.45) is 0 Å². The maximum absolute atomic E-state index is 10.4. The minimum Gasteiger partial charge on any atom is -0.481 e. The summed E-state index contributed by atoms with van der Waals surface area (Å²) in [5, 5.41) is 8.52. The van der Waals surface area contributed by atoms with Crippen molar-refractivity contribution in [2.75, 3.05) is 0 Å². The Bertz CT molecular complexity index is 319. The summed E-state index contributed by atoms with van der Waals surface area (Å²) in [7, 11) is 0. The molecule has 0 fully saturated rings. The van der Waals surface area contributed by atoms with E-state index < -0.39 is 5.97 Å². The molecule has 1 aromatic carbocycles. The monoisotopic (exact) mass is 180 g/mol. The molecule has 0 aromatic heterocycles. The molecule has 0 unspecified atom stereocenters. The van der Waals surface area contributed by atoms with E-state index in [1.54, 1.807) is 24.3 Å². The van der Waals surface area contributed by atoms with Crippen LogP contribution in [0.25, 0.3) is 0 Å². The van der Waals surface area contributed by atoms with Crippen molar-refractivity contribution in [2.45, 2.75) is 6.42 Å². The van der Waals surface area contributed by atoms with Crippen molar-refractivity contribution in [3.05, 3.63) is 29.8 Å². The summed E-state index contributed by atoms with van der Waals surface area (Å²) in [5.41, 5.74) is 0.488. The third kappa shape index (κ3) is 2.59. The van der Waals surface area contributed by atoms with Crippen LogP contribution in [0.5, 0.6) is 5.75 Å². The van der Waals surface area contributed by atoms with Gasteiger partial charge in [-0.1, -0.05) is 18.2 Å². The van der Waals surface area contributed by atoms with Crippen LogP contribution in [-0.4, -0.2) is 17.5 Å². The number of benzene rings is 1. The highest BCUT2D eigenvalue weighted by Gasteiger charge is 2.06. The number of hydrogen-bond donors (Lipinski definition) is 1. The molecule has 0 aliphatic carbocycles. The summed E-state index contributed by atoms with van der Waals surface area (Å²) in [4.78, 5) is 20.4. The van der Waals surface area contributed by atoms with Gasteiger partial charge in [0.1, 0.15) is 5.75 Å². The van der Waals surface area contributed by atoms with E-state index in [0.717, 1.165) is 0 Å². The third-order valence-corrected chi connectivity index (χ3v) is 1.49. The average Bonchev–Trinajstić information content (AvgIpc) is 2.08. The molecule has 4 heteroatoms. The summed E-state index contributed by atoms with van der Waals surface area (Å²) in [5.74, 6) is -0.665. The number of rotatable bonds is 4. The standard InChI is InChI=1S/C9H8O4/c10-6-13-8-4-2-1-3-7(8)5-9(11)12/h1-4,6H,5H2,(H,11,12). The van der Waals surface area contributed by atoms with E-state index in [1.807, 2.05) is 0 Å². The van der Waals surface area contributed by atoms with Gasteiger partial charge in [-0.05, 0) is 6.07 Å². The van der Waals surface area contributed by atoms with Gasteiger partial charge in [-0.25, -0.2) is 0 Å². The van der Waals surface area contributed by atoms with E-state index >= 15 is 0 Å². The van der Waals surface area contributed by atoms with Crippen molar-refractivity contribution >= 4 is 12.4 Å². The molecular formula is C9H8O4. The molecule has 1 N–H and O–H groups in total. The second kappa shape index (κ2) is 4.25. The molecule has 13 heavy (non-hydrogen) atoms. The molecule has 0 heterocycles. The van der Waals surface area contributed by atoms with Crippen molar-refractivity contribution < 1.29 is 19.4 Å². The molecule has 1 aromatic rings. The maximum Gasteiger partial charge on any atom is 0.307 e. The maximum atomic E-state index is 10.4. The number of hydrogen-bond acceptors (Lipinski definition) is 3. The molecule has 0 atom stereocenters. The Balaban J connectivity index is 2.90. The van der Waals surface area contributed by atoms with Crippen LogP contribution >= 0.6 is 0 Å². The topological polar surface area (TPSA) is 63.6 Å². The smallest absolute Gasteiger partial charge is 0.307 e. The van der Waals surface area contributed by atoms with E-state index in [9.17, 15) is 9.59 Å². The fourth-order valence-corrected chi connectivity index (χ4v) is 0.980. The average molecular weight is 180 g/mol. The van der Waals surface area contributed by atoms with E-state index in [-0.39, 0.29) is 12.9 Å². The van der Waals surface area contributed by atoms with Gasteiger partial charge in [0.05, 0.1) is 6.42 Å². The first-order valence-corrected chi connectivity index (χ1v) is 3.64. The second-order valence-electron chi connectivity index (χ2n) is 2.39. The molecule has 0 bridgehead atoms. The van der Waals surface area contributed by atoms with Crippen molar-refractivity contribution in [1.29, 1.82) is 0 Å². The van der Waals surface area contributed by atoms with Gasteiger partial charge < -0.3 is 9.84 Å². The van der Waals surface area contributed by atoms with Gasteiger partial charge in [0.2, 0.25) is 0 Å². The van der Waals surface area contributed by atoms with E-state index in [2.05, 4.69) is 4.74 Å². The number of carboxylic acid groups (broad SMARTS) is 1. The first-order chi connectivity index (χ1) is 6.24. The minimum absolute atomic E-state index is 0.149. The Labute approximate surface area is 74.8 Å². The molecule has 1 rings (SSSR count). The predicted octanol–water partition coefficient (Wildman–Crippen LogP) is 0.849. The Morgan fingerprint density at radius 2 is 2.15 bits per heavy atom. The predicted molar refractivity (Wildman–Crippen MR) is 44.5 cm³/mol. The van der Waals surface area contributed by atoms with Crippen LogP contribution in [0.3, 0.4) is 0 Å². The van der Waals surface area contributed by atoms with Gasteiger partial charge in [-0.15, -0.1) is 0 Å². The van der Waals surface area contributed by atoms with E-state index in [1.165, 1.54) is 0 Å². The number of carbonyl (C=O) groups is 2. The molecule has 0 aliphatic heterocycles. The summed E-state index contributed by atoms with van der Waals surface area (Å²) in [6.45, 7) is 0.278. The van der Waals surface area contributed by atoms with Crippen LogP contribution in [0.1, 0.15) is 5.56 Å². The molecule has 0 spiro atoms. The highest BCUT2D eigenvalue weighted by molar-refractivity contribution is 5.71. The van der Waals surface area contributed by atoms with Gasteiger partial charge in [-0.2, -0.15) is 0 Å². The minimum atomic E-state index is -0.957. The second-order valence-corrected chi connectivity index (χ2v) is 2.39. The molecule has 4 nitrogen and oxygen atoms in total. The van der Waals surface area contributed by atoms with Crippen molar-refractivity contribution in [1.82, 2.24) is 0 Å². The Hall–Kier alpha value is -1.84. The van der Waals surface area contributed by atoms with Crippen LogP contribution in [0.15, 0.2) is 24.3 Å². The number of aliphatic carboxylic acids is 1. The van der Waals surface area contributed by atoms with Gasteiger partial charge in [-0.3, -0.25) is 9.59 Å². The number of carboxylic acids is 1. The van der Waals surface area contributed by atoms with Gasteiger partial charge in [0.15, 0.2) is 0 Å². The van der Waals surface area contributed by atoms with E-state index in [4.69, 9.17) is 5.11 Å². The molecule has 0 saturated heterocycles. The lowest BCUT2D eigenvalue weighted by Gasteiger charge is -2.03. The molecule has 0 amide bonds. The van der Waals surface area contributed by atoms with Crippen LogP contribution < -0.4 is 4.74 Å². The van der Waals surface area contributed by atoms with Crippen molar-refractivity contribution in [3.8, 4) is 5.75 Å². The Kier molecular flexibility index (Phi) is 3.03. The lowest BCUT2D eigenvalue weighted by molar-refractivity contribution is -0.136. The van der Waals surface area contributed by atoms with E-state index in [0.29, 0.717) is 11.3 Å². The van der Waals surface area contributed by atoms with Gasteiger partial charge in [0, 0.05) is 5.56 Å². The summed E-state index contributed by atoms with van der Waals surface area (Å²) in [6.07, 6.45) is -0.149. The zero-order valence-corrected chi connectivity index (χ0v) is 6.77. The number of para-hydroxylation sites is 1. The first kappa shape index (κ1) is 9.25. The third-order valence-electron chi connectivity index (χ3n) is 1.49. The summed E-state index contributed by atoms with van der Waals surface area (Å²) in [6, 6.07) is 6.51.